The summed E-state index contributed by atoms with van der Waals surface area (Å²) in [5.74, 6) is 0.483. The predicted molar refractivity (Wildman–Crippen MR) is 102 cm³/mol. The van der Waals surface area contributed by atoms with E-state index in [-0.39, 0.29) is 5.82 Å². The number of hydrogen-bond acceptors (Lipinski definition) is 2. The van der Waals surface area contributed by atoms with Gasteiger partial charge in [-0.2, -0.15) is 0 Å². The number of guanidine groups is 1. The molecule has 2 aromatic carbocycles. The van der Waals surface area contributed by atoms with Crippen LogP contribution in [0.15, 0.2) is 47.5 Å². The minimum Gasteiger partial charge on any atom is -0.352 e. The highest BCUT2D eigenvalue weighted by molar-refractivity contribution is 6.31. The molecule has 0 fully saturated rings. The average Bonchev–Trinajstić information content (AvgIpc) is 2.58. The zero-order chi connectivity index (χ0) is 18.2. The van der Waals surface area contributed by atoms with Gasteiger partial charge in [-0.3, -0.25) is 4.99 Å². The third-order valence-electron chi connectivity index (χ3n) is 3.68. The molecule has 2 aromatic rings. The van der Waals surface area contributed by atoms with Crippen LogP contribution in [0.5, 0.6) is 0 Å². The maximum absolute atomic E-state index is 13.8. The van der Waals surface area contributed by atoms with E-state index >= 15 is 0 Å². The van der Waals surface area contributed by atoms with Gasteiger partial charge >= 0.3 is 0 Å². The Kier molecular flexibility index (Phi) is 7.22. The lowest BCUT2D eigenvalue weighted by Crippen LogP contribution is -2.36. The Morgan fingerprint density at radius 1 is 1.08 bits per heavy atom. The van der Waals surface area contributed by atoms with Crippen molar-refractivity contribution in [1.82, 2.24) is 15.5 Å². The van der Waals surface area contributed by atoms with Crippen molar-refractivity contribution in [3.8, 4) is 0 Å². The number of nitrogens with one attached hydrogen (secondary N) is 2. The lowest BCUT2D eigenvalue weighted by molar-refractivity contribution is 0.392. The fourth-order valence-electron chi connectivity index (χ4n) is 2.43. The molecule has 134 valence electrons. The van der Waals surface area contributed by atoms with Crippen LogP contribution in [0.4, 0.5) is 4.39 Å². The van der Waals surface area contributed by atoms with E-state index in [4.69, 9.17) is 11.6 Å². The topological polar surface area (TPSA) is 39.7 Å². The van der Waals surface area contributed by atoms with E-state index in [2.05, 4.69) is 15.6 Å². The minimum atomic E-state index is -0.182. The summed E-state index contributed by atoms with van der Waals surface area (Å²) in [4.78, 5) is 6.15. The quantitative estimate of drug-likeness (QED) is 0.611. The Bertz CT molecular complexity index is 731. The molecule has 0 amide bonds. The molecule has 0 spiro atoms. The summed E-state index contributed by atoms with van der Waals surface area (Å²) in [5.41, 5.74) is 2.68. The number of benzene rings is 2. The summed E-state index contributed by atoms with van der Waals surface area (Å²) in [6.45, 7) is 1.71. The number of halogens is 2. The molecule has 0 aliphatic carbocycles. The van der Waals surface area contributed by atoms with Gasteiger partial charge in [0.2, 0.25) is 0 Å². The van der Waals surface area contributed by atoms with Crippen molar-refractivity contribution in [2.75, 3.05) is 21.1 Å². The van der Waals surface area contributed by atoms with E-state index in [9.17, 15) is 4.39 Å². The number of rotatable bonds is 6. The first-order chi connectivity index (χ1) is 12.0. The normalized spacial score (nSPS) is 11.7. The fraction of sp³-hybridized carbons (Fsp3) is 0.316. The van der Waals surface area contributed by atoms with Crippen LogP contribution in [-0.4, -0.2) is 32.0 Å². The summed E-state index contributed by atoms with van der Waals surface area (Å²) in [6.07, 6.45) is 0. The Labute approximate surface area is 153 Å². The van der Waals surface area contributed by atoms with Gasteiger partial charge in [0, 0.05) is 37.3 Å². The van der Waals surface area contributed by atoms with Gasteiger partial charge < -0.3 is 15.5 Å². The molecule has 4 nitrogen and oxygen atoms in total. The lowest BCUT2D eigenvalue weighted by atomic mass is 10.1. The summed E-state index contributed by atoms with van der Waals surface area (Å²) in [5, 5.41) is 7.18. The molecule has 6 heteroatoms. The van der Waals surface area contributed by atoms with E-state index in [0.717, 1.165) is 16.1 Å². The highest BCUT2D eigenvalue weighted by Crippen LogP contribution is 2.14. The molecule has 0 saturated heterocycles. The SMILES string of the molecule is CN=C(NCc1ccc(F)c(CN(C)C)c1)NCc1ccccc1Cl. The van der Waals surface area contributed by atoms with Crippen molar-refractivity contribution < 1.29 is 4.39 Å². The van der Waals surface area contributed by atoms with Crippen LogP contribution in [0.3, 0.4) is 0 Å². The van der Waals surface area contributed by atoms with Crippen molar-refractivity contribution in [3.63, 3.8) is 0 Å². The van der Waals surface area contributed by atoms with Gasteiger partial charge in [0.05, 0.1) is 0 Å². The van der Waals surface area contributed by atoms with Gasteiger partial charge in [0.25, 0.3) is 0 Å². The van der Waals surface area contributed by atoms with Gasteiger partial charge in [0.15, 0.2) is 5.96 Å². The number of hydrogen-bond donors (Lipinski definition) is 2. The van der Waals surface area contributed by atoms with Crippen LogP contribution in [0.2, 0.25) is 5.02 Å². The summed E-state index contributed by atoms with van der Waals surface area (Å²) < 4.78 is 13.8. The molecule has 0 radical (unpaired) electrons. The summed E-state index contributed by atoms with van der Waals surface area (Å²) in [7, 11) is 5.56. The van der Waals surface area contributed by atoms with Gasteiger partial charge in [-0.15, -0.1) is 0 Å². The number of aliphatic imine (C=N–C) groups is 1. The second-order valence-electron chi connectivity index (χ2n) is 6.03. The molecule has 0 heterocycles. The van der Waals surface area contributed by atoms with Crippen LogP contribution in [0, 0.1) is 5.82 Å². The zero-order valence-corrected chi connectivity index (χ0v) is 15.6. The maximum Gasteiger partial charge on any atom is 0.191 e. The van der Waals surface area contributed by atoms with Crippen LogP contribution in [0.25, 0.3) is 0 Å². The van der Waals surface area contributed by atoms with Crippen molar-refractivity contribution in [2.45, 2.75) is 19.6 Å². The third kappa shape index (κ3) is 6.03. The van der Waals surface area contributed by atoms with Crippen molar-refractivity contribution in [3.05, 3.63) is 70.0 Å². The predicted octanol–water partition coefficient (Wildman–Crippen LogP) is 3.41. The highest BCUT2D eigenvalue weighted by atomic mass is 35.5. The van der Waals surface area contributed by atoms with E-state index in [1.807, 2.05) is 49.3 Å². The van der Waals surface area contributed by atoms with Crippen molar-refractivity contribution >= 4 is 17.6 Å². The van der Waals surface area contributed by atoms with E-state index in [1.54, 1.807) is 13.1 Å². The second kappa shape index (κ2) is 9.39. The monoisotopic (exact) mass is 362 g/mol. The molecule has 2 rings (SSSR count). The van der Waals surface area contributed by atoms with Crippen molar-refractivity contribution in [1.29, 1.82) is 0 Å². The minimum absolute atomic E-state index is 0.182. The molecule has 0 aromatic heterocycles. The molecule has 25 heavy (non-hydrogen) atoms. The molecular formula is C19H24ClFN4. The lowest BCUT2D eigenvalue weighted by Gasteiger charge is -2.14. The maximum atomic E-state index is 13.8. The second-order valence-corrected chi connectivity index (χ2v) is 6.44. The van der Waals surface area contributed by atoms with Gasteiger partial charge in [0.1, 0.15) is 5.82 Å². The highest BCUT2D eigenvalue weighted by Gasteiger charge is 2.06. The molecule has 0 unspecified atom stereocenters. The first-order valence-electron chi connectivity index (χ1n) is 8.09. The van der Waals surface area contributed by atoms with E-state index < -0.39 is 0 Å². The van der Waals surface area contributed by atoms with Gasteiger partial charge in [-0.05, 0) is 43.4 Å². The first kappa shape index (κ1) is 19.2. The van der Waals surface area contributed by atoms with Gasteiger partial charge in [-0.1, -0.05) is 35.9 Å². The summed E-state index contributed by atoms with van der Waals surface area (Å²) >= 11 is 6.16. The fourth-order valence-corrected chi connectivity index (χ4v) is 2.63. The molecule has 0 atom stereocenters. The molecule has 2 N–H and O–H groups in total. The van der Waals surface area contributed by atoms with Crippen LogP contribution in [-0.2, 0) is 19.6 Å². The van der Waals surface area contributed by atoms with E-state index in [0.29, 0.717) is 31.2 Å². The molecular weight excluding hydrogens is 339 g/mol. The Balaban J connectivity index is 1.93. The zero-order valence-electron chi connectivity index (χ0n) is 14.8. The number of nitrogens with zero attached hydrogens (tertiary/aromatic N) is 2. The average molecular weight is 363 g/mol. The smallest absolute Gasteiger partial charge is 0.191 e. The Hall–Kier alpha value is -2.11. The van der Waals surface area contributed by atoms with Crippen LogP contribution < -0.4 is 10.6 Å². The third-order valence-corrected chi connectivity index (χ3v) is 4.05. The molecule has 0 aliphatic heterocycles. The molecule has 0 bridgehead atoms. The van der Waals surface area contributed by atoms with Crippen molar-refractivity contribution in [2.24, 2.45) is 4.99 Å². The Morgan fingerprint density at radius 2 is 1.80 bits per heavy atom. The Morgan fingerprint density at radius 3 is 2.48 bits per heavy atom. The summed E-state index contributed by atoms with van der Waals surface area (Å²) in [6, 6.07) is 12.8. The molecule has 0 aliphatic rings. The largest absolute Gasteiger partial charge is 0.352 e. The standard InChI is InChI=1S/C19H24ClFN4/c1-22-19(24-12-15-6-4-5-7-17(15)20)23-11-14-8-9-18(21)16(10-14)13-25(2)3/h4-10H,11-13H2,1-3H3,(H2,22,23,24). The van der Waals surface area contributed by atoms with Crippen LogP contribution in [0.1, 0.15) is 16.7 Å². The van der Waals surface area contributed by atoms with Gasteiger partial charge in [-0.25, -0.2) is 4.39 Å². The first-order valence-corrected chi connectivity index (χ1v) is 8.47. The molecule has 0 saturated carbocycles. The van der Waals surface area contributed by atoms with Crippen LogP contribution >= 0.6 is 11.6 Å². The van der Waals surface area contributed by atoms with E-state index in [1.165, 1.54) is 6.07 Å².